The quantitative estimate of drug-likeness (QED) is 0.730. The number of methoxy groups -OCH3 is 1. The molecule has 0 bridgehead atoms. The molecule has 3 heteroatoms. The number of hydrogen-bond donors (Lipinski definition) is 0. The summed E-state index contributed by atoms with van der Waals surface area (Å²) < 4.78 is 18.0. The Kier molecular flexibility index (Phi) is 4.51. The van der Waals surface area contributed by atoms with Crippen LogP contribution in [-0.4, -0.2) is 31.7 Å². The van der Waals surface area contributed by atoms with E-state index in [1.807, 2.05) is 12.1 Å². The van der Waals surface area contributed by atoms with E-state index >= 15 is 0 Å². The molecule has 1 aliphatic rings. The molecule has 0 N–H and O–H groups in total. The molecule has 0 radical (unpaired) electrons. The average Bonchev–Trinajstić information content (AvgIpc) is 2.79. The van der Waals surface area contributed by atoms with Gasteiger partial charge in [0.25, 0.3) is 0 Å². The summed E-state index contributed by atoms with van der Waals surface area (Å²) in [6.07, 6.45) is 3.47. The van der Waals surface area contributed by atoms with Crippen LogP contribution in [0.2, 0.25) is 0 Å². The lowest BCUT2D eigenvalue weighted by Crippen LogP contribution is -2.25. The smallest absolute Gasteiger partial charge is 0.123 e. The Bertz CT molecular complexity index is 339. The SMILES string of the molecule is COCCCN1CCCC1c1ccc(F)cc1. The molecule has 1 aromatic rings. The molecular formula is C14H20FNO. The molecule has 1 fully saturated rings. The standard InChI is InChI=1S/C14H20FNO/c1-17-11-3-10-16-9-2-4-14(16)12-5-7-13(15)8-6-12/h5-8,14H,2-4,9-11H2,1H3. The second-order valence-electron chi connectivity index (χ2n) is 4.59. The van der Waals surface area contributed by atoms with E-state index in [-0.39, 0.29) is 5.82 Å². The van der Waals surface area contributed by atoms with Gasteiger partial charge in [0.2, 0.25) is 0 Å². The summed E-state index contributed by atoms with van der Waals surface area (Å²) in [6, 6.07) is 7.40. The third kappa shape index (κ3) is 3.27. The highest BCUT2D eigenvalue weighted by atomic mass is 19.1. The van der Waals surface area contributed by atoms with Crippen LogP contribution in [0, 0.1) is 5.82 Å². The first-order valence-electron chi connectivity index (χ1n) is 6.29. The third-order valence-corrected chi connectivity index (χ3v) is 3.41. The number of hydrogen-bond acceptors (Lipinski definition) is 2. The van der Waals surface area contributed by atoms with Gasteiger partial charge in [0.1, 0.15) is 5.82 Å². The number of halogens is 1. The van der Waals surface area contributed by atoms with Crippen LogP contribution in [0.25, 0.3) is 0 Å². The lowest BCUT2D eigenvalue weighted by atomic mass is 10.0. The zero-order chi connectivity index (χ0) is 12.1. The first kappa shape index (κ1) is 12.5. The predicted octanol–water partition coefficient (Wildman–Crippen LogP) is 3.00. The largest absolute Gasteiger partial charge is 0.385 e. The summed E-state index contributed by atoms with van der Waals surface area (Å²) >= 11 is 0. The van der Waals surface area contributed by atoms with Gasteiger partial charge in [0, 0.05) is 26.3 Å². The predicted molar refractivity (Wildman–Crippen MR) is 66.4 cm³/mol. The van der Waals surface area contributed by atoms with E-state index in [2.05, 4.69) is 4.90 Å². The van der Waals surface area contributed by atoms with E-state index in [1.54, 1.807) is 19.2 Å². The molecule has 0 aromatic heterocycles. The molecule has 0 saturated carbocycles. The number of rotatable bonds is 5. The molecule has 94 valence electrons. The van der Waals surface area contributed by atoms with E-state index in [9.17, 15) is 4.39 Å². The Hall–Kier alpha value is -0.930. The lowest BCUT2D eigenvalue weighted by Gasteiger charge is -2.24. The van der Waals surface area contributed by atoms with Crippen LogP contribution in [0.1, 0.15) is 30.9 Å². The maximum Gasteiger partial charge on any atom is 0.123 e. The maximum atomic E-state index is 12.9. The van der Waals surface area contributed by atoms with Crippen LogP contribution in [0.3, 0.4) is 0 Å². The highest BCUT2D eigenvalue weighted by molar-refractivity contribution is 5.20. The van der Waals surface area contributed by atoms with E-state index < -0.39 is 0 Å². The molecule has 1 unspecified atom stereocenters. The van der Waals surface area contributed by atoms with Gasteiger partial charge < -0.3 is 4.74 Å². The van der Waals surface area contributed by atoms with Crippen LogP contribution in [0.5, 0.6) is 0 Å². The molecule has 1 aliphatic heterocycles. The van der Waals surface area contributed by atoms with Gasteiger partial charge >= 0.3 is 0 Å². The molecule has 1 saturated heterocycles. The Balaban J connectivity index is 1.96. The highest BCUT2D eigenvalue weighted by Crippen LogP contribution is 2.31. The number of likely N-dealkylation sites (tertiary alicyclic amines) is 1. The summed E-state index contributed by atoms with van der Waals surface area (Å²) in [5.41, 5.74) is 1.24. The van der Waals surface area contributed by atoms with Crippen molar-refractivity contribution in [3.05, 3.63) is 35.6 Å². The molecule has 0 spiro atoms. The minimum atomic E-state index is -0.155. The summed E-state index contributed by atoms with van der Waals surface area (Å²) in [6.45, 7) is 3.02. The third-order valence-electron chi connectivity index (χ3n) is 3.41. The molecule has 1 heterocycles. The van der Waals surface area contributed by atoms with Crippen LogP contribution in [0.15, 0.2) is 24.3 Å². The monoisotopic (exact) mass is 237 g/mol. The van der Waals surface area contributed by atoms with Gasteiger partial charge in [-0.05, 0) is 43.5 Å². The fourth-order valence-electron chi connectivity index (χ4n) is 2.57. The van der Waals surface area contributed by atoms with Gasteiger partial charge in [0.15, 0.2) is 0 Å². The second kappa shape index (κ2) is 6.12. The van der Waals surface area contributed by atoms with Crippen LogP contribution in [-0.2, 0) is 4.74 Å². The average molecular weight is 237 g/mol. The highest BCUT2D eigenvalue weighted by Gasteiger charge is 2.25. The van der Waals surface area contributed by atoms with Crippen molar-refractivity contribution in [2.24, 2.45) is 0 Å². The van der Waals surface area contributed by atoms with Crippen LogP contribution < -0.4 is 0 Å². The molecule has 17 heavy (non-hydrogen) atoms. The fourth-order valence-corrected chi connectivity index (χ4v) is 2.57. The number of ether oxygens (including phenoxy) is 1. The first-order chi connectivity index (χ1) is 8.31. The number of benzene rings is 1. The molecule has 2 nitrogen and oxygen atoms in total. The van der Waals surface area contributed by atoms with E-state index in [1.165, 1.54) is 18.4 Å². The topological polar surface area (TPSA) is 12.5 Å². The molecule has 1 atom stereocenters. The van der Waals surface area contributed by atoms with Crippen LogP contribution in [0.4, 0.5) is 4.39 Å². The lowest BCUT2D eigenvalue weighted by molar-refractivity contribution is 0.167. The molecule has 1 aromatic carbocycles. The van der Waals surface area contributed by atoms with E-state index in [0.29, 0.717) is 6.04 Å². The molecule has 0 amide bonds. The van der Waals surface area contributed by atoms with Crippen LogP contribution >= 0.6 is 0 Å². The van der Waals surface area contributed by atoms with Gasteiger partial charge in [-0.25, -0.2) is 4.39 Å². The van der Waals surface area contributed by atoms with Gasteiger partial charge in [-0.15, -0.1) is 0 Å². The van der Waals surface area contributed by atoms with Crippen molar-refractivity contribution < 1.29 is 9.13 Å². The zero-order valence-corrected chi connectivity index (χ0v) is 10.4. The van der Waals surface area contributed by atoms with Crippen molar-refractivity contribution in [3.8, 4) is 0 Å². The van der Waals surface area contributed by atoms with Gasteiger partial charge in [-0.1, -0.05) is 12.1 Å². The fraction of sp³-hybridized carbons (Fsp3) is 0.571. The zero-order valence-electron chi connectivity index (χ0n) is 10.4. The van der Waals surface area contributed by atoms with Crippen molar-refractivity contribution in [2.75, 3.05) is 26.8 Å². The minimum Gasteiger partial charge on any atom is -0.385 e. The van der Waals surface area contributed by atoms with Crippen molar-refractivity contribution in [3.63, 3.8) is 0 Å². The maximum absolute atomic E-state index is 12.9. The van der Waals surface area contributed by atoms with Crippen molar-refractivity contribution in [1.29, 1.82) is 0 Å². The first-order valence-corrected chi connectivity index (χ1v) is 6.29. The van der Waals surface area contributed by atoms with E-state index in [4.69, 9.17) is 4.74 Å². The minimum absolute atomic E-state index is 0.155. The van der Waals surface area contributed by atoms with Crippen molar-refractivity contribution in [1.82, 2.24) is 4.90 Å². The van der Waals surface area contributed by atoms with Crippen molar-refractivity contribution >= 4 is 0 Å². The summed E-state index contributed by atoms with van der Waals surface area (Å²) in [5, 5.41) is 0. The Morgan fingerprint density at radius 2 is 2.12 bits per heavy atom. The van der Waals surface area contributed by atoms with Gasteiger partial charge in [-0.2, -0.15) is 0 Å². The molecular weight excluding hydrogens is 217 g/mol. The van der Waals surface area contributed by atoms with Gasteiger partial charge in [0.05, 0.1) is 0 Å². The van der Waals surface area contributed by atoms with Gasteiger partial charge in [-0.3, -0.25) is 4.90 Å². The summed E-state index contributed by atoms with van der Waals surface area (Å²) in [7, 11) is 1.74. The van der Waals surface area contributed by atoms with Crippen molar-refractivity contribution in [2.45, 2.75) is 25.3 Å². The normalized spacial score (nSPS) is 20.9. The number of nitrogens with zero attached hydrogens (tertiary/aromatic N) is 1. The Morgan fingerprint density at radius 1 is 1.35 bits per heavy atom. The Morgan fingerprint density at radius 3 is 2.82 bits per heavy atom. The summed E-state index contributed by atoms with van der Waals surface area (Å²) in [5.74, 6) is -0.155. The summed E-state index contributed by atoms with van der Waals surface area (Å²) in [4.78, 5) is 2.48. The second-order valence-corrected chi connectivity index (χ2v) is 4.59. The van der Waals surface area contributed by atoms with E-state index in [0.717, 1.165) is 26.1 Å². The molecule has 2 rings (SSSR count). The Labute approximate surface area is 102 Å². The molecule has 0 aliphatic carbocycles.